The first-order chi connectivity index (χ1) is 6.43. The van der Waals surface area contributed by atoms with Crippen LogP contribution in [0, 0.1) is 0 Å². The molecule has 0 saturated carbocycles. The van der Waals surface area contributed by atoms with Crippen LogP contribution in [0.2, 0.25) is 0 Å². The Morgan fingerprint density at radius 3 is 2.53 bits per heavy atom. The highest BCUT2D eigenvalue weighted by Crippen LogP contribution is 2.07. The van der Waals surface area contributed by atoms with Crippen LogP contribution in [0.3, 0.4) is 0 Å². The van der Waals surface area contributed by atoms with Crippen LogP contribution in [0.15, 0.2) is 0 Å². The molecule has 92 valence electrons. The average molecular weight is 258 g/mol. The number of hydrogen-bond donors (Lipinski definition) is 2. The van der Waals surface area contributed by atoms with Crippen LogP contribution in [-0.2, 0) is 10.2 Å². The maximum Gasteiger partial charge on any atom is 0.280 e. The first kappa shape index (κ1) is 15.1. The van der Waals surface area contributed by atoms with E-state index in [9.17, 15) is 8.42 Å². The van der Waals surface area contributed by atoms with Gasteiger partial charge in [-0.05, 0) is 20.8 Å². The predicted molar refractivity (Wildman–Crippen MR) is 63.5 cm³/mol. The lowest BCUT2D eigenvalue weighted by molar-refractivity contribution is 0.279. The summed E-state index contributed by atoms with van der Waals surface area (Å²) in [7, 11) is -3.29. The Morgan fingerprint density at radius 2 is 2.07 bits per heavy atom. The van der Waals surface area contributed by atoms with Gasteiger partial charge in [-0.3, -0.25) is 0 Å². The minimum absolute atomic E-state index is 0. The van der Waals surface area contributed by atoms with Crippen molar-refractivity contribution in [1.29, 1.82) is 0 Å². The summed E-state index contributed by atoms with van der Waals surface area (Å²) in [5.41, 5.74) is 0. The van der Waals surface area contributed by atoms with Crippen molar-refractivity contribution >= 4 is 22.6 Å². The first-order valence-corrected chi connectivity index (χ1v) is 6.37. The van der Waals surface area contributed by atoms with E-state index < -0.39 is 10.2 Å². The summed E-state index contributed by atoms with van der Waals surface area (Å²) in [6.07, 6.45) is 0. The molecule has 1 aliphatic rings. The van der Waals surface area contributed by atoms with E-state index in [-0.39, 0.29) is 24.5 Å². The van der Waals surface area contributed by atoms with Gasteiger partial charge in [0.2, 0.25) is 0 Å². The molecule has 1 fully saturated rings. The normalized spacial score (nSPS) is 23.9. The van der Waals surface area contributed by atoms with Gasteiger partial charge in [0, 0.05) is 31.7 Å². The number of nitrogens with one attached hydrogen (secondary N) is 2. The quantitative estimate of drug-likeness (QED) is 0.745. The number of hydrogen-bond acceptors (Lipinski definition) is 3. The Bertz CT molecular complexity index is 282. The standard InChI is InChI=1S/C8H19N3O2S.ClH/c1-7(2)10-14(12,13)11-5-4-9-6-8(11)3;/h7-10H,4-6H2,1-3H3;1H/t8-;/m0./s1. The highest BCUT2D eigenvalue weighted by molar-refractivity contribution is 7.87. The molecule has 1 atom stereocenters. The molecule has 0 aromatic carbocycles. The molecule has 1 saturated heterocycles. The van der Waals surface area contributed by atoms with Crippen LogP contribution in [0.1, 0.15) is 20.8 Å². The van der Waals surface area contributed by atoms with Crippen molar-refractivity contribution in [1.82, 2.24) is 14.3 Å². The van der Waals surface area contributed by atoms with Gasteiger partial charge in [0.05, 0.1) is 0 Å². The fraction of sp³-hybridized carbons (Fsp3) is 1.00. The van der Waals surface area contributed by atoms with E-state index in [1.807, 2.05) is 20.8 Å². The third-order valence-electron chi connectivity index (χ3n) is 2.13. The monoisotopic (exact) mass is 257 g/mol. The second-order valence-electron chi connectivity index (χ2n) is 3.94. The molecular formula is C8H20ClN3O2S. The van der Waals surface area contributed by atoms with Crippen LogP contribution in [0.5, 0.6) is 0 Å². The highest BCUT2D eigenvalue weighted by Gasteiger charge is 2.29. The zero-order valence-corrected chi connectivity index (χ0v) is 11.0. The van der Waals surface area contributed by atoms with E-state index in [1.54, 1.807) is 0 Å². The van der Waals surface area contributed by atoms with E-state index in [0.29, 0.717) is 6.54 Å². The van der Waals surface area contributed by atoms with Gasteiger partial charge < -0.3 is 5.32 Å². The molecule has 1 rings (SSSR count). The molecule has 0 bridgehead atoms. The van der Waals surface area contributed by atoms with Crippen LogP contribution >= 0.6 is 12.4 Å². The van der Waals surface area contributed by atoms with Gasteiger partial charge in [-0.15, -0.1) is 12.4 Å². The molecule has 7 heteroatoms. The van der Waals surface area contributed by atoms with Gasteiger partial charge >= 0.3 is 0 Å². The number of piperazine rings is 1. The summed E-state index contributed by atoms with van der Waals surface area (Å²) in [6, 6.07) is -0.0258. The molecule has 0 radical (unpaired) electrons. The van der Waals surface area contributed by atoms with Crippen molar-refractivity contribution in [3.63, 3.8) is 0 Å². The van der Waals surface area contributed by atoms with Gasteiger partial charge in [-0.2, -0.15) is 17.4 Å². The van der Waals surface area contributed by atoms with Crippen molar-refractivity contribution < 1.29 is 8.42 Å². The third-order valence-corrected chi connectivity index (χ3v) is 4.06. The first-order valence-electron chi connectivity index (χ1n) is 4.93. The highest BCUT2D eigenvalue weighted by atomic mass is 35.5. The number of nitrogens with zero attached hydrogens (tertiary/aromatic N) is 1. The predicted octanol–water partition coefficient (Wildman–Crippen LogP) is -0.0553. The fourth-order valence-corrected chi connectivity index (χ4v) is 3.16. The molecule has 0 amide bonds. The molecule has 0 aromatic heterocycles. The van der Waals surface area contributed by atoms with Crippen molar-refractivity contribution in [2.24, 2.45) is 0 Å². The van der Waals surface area contributed by atoms with E-state index in [4.69, 9.17) is 0 Å². The largest absolute Gasteiger partial charge is 0.314 e. The summed E-state index contributed by atoms with van der Waals surface area (Å²) in [4.78, 5) is 0. The summed E-state index contributed by atoms with van der Waals surface area (Å²) >= 11 is 0. The van der Waals surface area contributed by atoms with Crippen LogP contribution < -0.4 is 10.0 Å². The zero-order valence-electron chi connectivity index (χ0n) is 9.36. The maximum atomic E-state index is 11.8. The Labute approximate surface area is 98.2 Å². The Kier molecular flexibility index (Phi) is 6.05. The van der Waals surface area contributed by atoms with Gasteiger partial charge in [0.25, 0.3) is 10.2 Å². The molecule has 0 unspecified atom stereocenters. The zero-order chi connectivity index (χ0) is 10.8. The third kappa shape index (κ3) is 4.24. The Balaban J connectivity index is 0.00000196. The summed E-state index contributed by atoms with van der Waals surface area (Å²) in [5.74, 6) is 0. The SMILES string of the molecule is CC(C)NS(=O)(=O)N1CCNC[C@@H]1C.Cl. The number of rotatable bonds is 3. The van der Waals surface area contributed by atoms with Crippen molar-refractivity contribution in [2.45, 2.75) is 32.9 Å². The van der Waals surface area contributed by atoms with Gasteiger partial charge in [0.1, 0.15) is 0 Å². The lowest BCUT2D eigenvalue weighted by atomic mass is 10.3. The molecule has 1 heterocycles. The van der Waals surface area contributed by atoms with Crippen LogP contribution in [0.25, 0.3) is 0 Å². The van der Waals surface area contributed by atoms with Crippen molar-refractivity contribution in [3.05, 3.63) is 0 Å². The Morgan fingerprint density at radius 1 is 1.47 bits per heavy atom. The van der Waals surface area contributed by atoms with Gasteiger partial charge in [-0.25, -0.2) is 0 Å². The average Bonchev–Trinajstić information content (AvgIpc) is 2.02. The second-order valence-corrected chi connectivity index (χ2v) is 5.60. The van der Waals surface area contributed by atoms with Crippen LogP contribution in [-0.4, -0.2) is 44.4 Å². The van der Waals surface area contributed by atoms with Crippen molar-refractivity contribution in [2.75, 3.05) is 19.6 Å². The Hall–Kier alpha value is 0.120. The molecule has 1 aliphatic heterocycles. The van der Waals surface area contributed by atoms with Gasteiger partial charge in [0.15, 0.2) is 0 Å². The van der Waals surface area contributed by atoms with E-state index in [0.717, 1.165) is 13.1 Å². The molecule has 5 nitrogen and oxygen atoms in total. The molecule has 0 spiro atoms. The second kappa shape index (κ2) is 6.00. The molecule has 0 aliphatic carbocycles. The van der Waals surface area contributed by atoms with E-state index in [1.165, 1.54) is 4.31 Å². The minimum atomic E-state index is -3.29. The smallest absolute Gasteiger partial charge is 0.280 e. The van der Waals surface area contributed by atoms with E-state index >= 15 is 0 Å². The van der Waals surface area contributed by atoms with Crippen molar-refractivity contribution in [3.8, 4) is 0 Å². The molecular weight excluding hydrogens is 238 g/mol. The van der Waals surface area contributed by atoms with Gasteiger partial charge in [-0.1, -0.05) is 0 Å². The minimum Gasteiger partial charge on any atom is -0.314 e. The summed E-state index contributed by atoms with van der Waals surface area (Å²) in [5, 5.41) is 3.16. The van der Waals surface area contributed by atoms with E-state index in [2.05, 4.69) is 10.0 Å². The summed E-state index contributed by atoms with van der Waals surface area (Å²) in [6.45, 7) is 7.55. The lowest BCUT2D eigenvalue weighted by Gasteiger charge is -2.33. The molecule has 2 N–H and O–H groups in total. The lowest BCUT2D eigenvalue weighted by Crippen LogP contribution is -2.56. The molecule has 0 aromatic rings. The summed E-state index contributed by atoms with van der Waals surface area (Å²) < 4.78 is 27.7. The number of halogens is 1. The van der Waals surface area contributed by atoms with Crippen LogP contribution in [0.4, 0.5) is 0 Å². The maximum absolute atomic E-state index is 11.8. The fourth-order valence-electron chi connectivity index (χ4n) is 1.55. The topological polar surface area (TPSA) is 61.4 Å². The molecule has 15 heavy (non-hydrogen) atoms.